The Kier molecular flexibility index (Phi) is 6.72. The molecule has 0 radical (unpaired) electrons. The molecule has 1 aliphatic carbocycles. The van der Waals surface area contributed by atoms with E-state index in [2.05, 4.69) is 43.5 Å². The van der Waals surface area contributed by atoms with Gasteiger partial charge >= 0.3 is 0 Å². The third kappa shape index (κ3) is 4.31. The number of nitrogens with one attached hydrogen (secondary N) is 1. The lowest BCUT2D eigenvalue weighted by Crippen LogP contribution is -2.42. The summed E-state index contributed by atoms with van der Waals surface area (Å²) in [5, 5.41) is 0. The summed E-state index contributed by atoms with van der Waals surface area (Å²) in [6.45, 7) is 4.57. The zero-order valence-electron chi connectivity index (χ0n) is 13.8. The Morgan fingerprint density at radius 1 is 1.19 bits per heavy atom. The van der Waals surface area contributed by atoms with Gasteiger partial charge in [-0.1, -0.05) is 51.0 Å². The van der Waals surface area contributed by atoms with Gasteiger partial charge < -0.3 is 0 Å². The molecule has 0 amide bonds. The Hall–Kier alpha value is -0.860. The van der Waals surface area contributed by atoms with E-state index in [0.717, 1.165) is 5.92 Å². The second-order valence-electron chi connectivity index (χ2n) is 6.63. The predicted octanol–water partition coefficient (Wildman–Crippen LogP) is 4.54. The Balaban J connectivity index is 2.08. The average molecular weight is 288 g/mol. The molecule has 2 nitrogen and oxygen atoms in total. The quantitative estimate of drug-likeness (QED) is 0.544. The molecular formula is C19H32N2. The van der Waals surface area contributed by atoms with Gasteiger partial charge in [-0.25, -0.2) is 0 Å². The summed E-state index contributed by atoms with van der Waals surface area (Å²) in [6, 6.07) is 9.47. The van der Waals surface area contributed by atoms with E-state index in [0.29, 0.717) is 12.0 Å². The highest BCUT2D eigenvalue weighted by Gasteiger charge is 2.26. The molecule has 0 saturated heterocycles. The van der Waals surface area contributed by atoms with Gasteiger partial charge in [0.25, 0.3) is 0 Å². The van der Waals surface area contributed by atoms with Crippen molar-refractivity contribution in [2.75, 3.05) is 0 Å². The number of benzene rings is 1. The molecule has 0 spiro atoms. The topological polar surface area (TPSA) is 38.0 Å². The zero-order chi connectivity index (χ0) is 15.1. The van der Waals surface area contributed by atoms with E-state index in [-0.39, 0.29) is 0 Å². The summed E-state index contributed by atoms with van der Waals surface area (Å²) in [4.78, 5) is 0. The van der Waals surface area contributed by atoms with Crippen molar-refractivity contribution < 1.29 is 0 Å². The van der Waals surface area contributed by atoms with E-state index < -0.39 is 0 Å². The number of hydrazine groups is 1. The lowest BCUT2D eigenvalue weighted by atomic mass is 9.76. The SMILES string of the molecule is CCCC(CCC)C(CC1CCCc2ccccc21)NN. The van der Waals surface area contributed by atoms with Crippen LogP contribution in [0.3, 0.4) is 0 Å². The van der Waals surface area contributed by atoms with Gasteiger partial charge in [0.05, 0.1) is 0 Å². The van der Waals surface area contributed by atoms with Gasteiger partial charge in [-0.2, -0.15) is 0 Å². The van der Waals surface area contributed by atoms with Crippen LogP contribution in [0.2, 0.25) is 0 Å². The highest BCUT2D eigenvalue weighted by molar-refractivity contribution is 5.32. The van der Waals surface area contributed by atoms with Gasteiger partial charge in [-0.3, -0.25) is 11.3 Å². The Bertz CT molecular complexity index is 410. The van der Waals surface area contributed by atoms with Crippen molar-refractivity contribution in [1.82, 2.24) is 5.43 Å². The second kappa shape index (κ2) is 8.55. The van der Waals surface area contributed by atoms with Crippen LogP contribution in [0.25, 0.3) is 0 Å². The standard InChI is InChI=1S/C19H32N2/c1-3-8-16(9-4-2)19(21-20)14-17-12-7-11-15-10-5-6-13-18(15)17/h5-6,10,13,16-17,19,21H,3-4,7-9,11-12,14,20H2,1-2H3. The Labute approximate surface area is 130 Å². The molecular weight excluding hydrogens is 256 g/mol. The fourth-order valence-electron chi connectivity index (χ4n) is 4.09. The number of rotatable bonds is 8. The Morgan fingerprint density at radius 3 is 2.57 bits per heavy atom. The van der Waals surface area contributed by atoms with Gasteiger partial charge in [-0.05, 0) is 61.5 Å². The molecule has 0 aromatic heterocycles. The molecule has 1 aliphatic rings. The lowest BCUT2D eigenvalue weighted by Gasteiger charge is -2.32. The van der Waals surface area contributed by atoms with E-state index in [1.54, 1.807) is 11.1 Å². The lowest BCUT2D eigenvalue weighted by molar-refractivity contribution is 0.277. The summed E-state index contributed by atoms with van der Waals surface area (Å²) in [7, 11) is 0. The van der Waals surface area contributed by atoms with Crippen LogP contribution in [0.4, 0.5) is 0 Å². The van der Waals surface area contributed by atoms with Crippen LogP contribution in [0.5, 0.6) is 0 Å². The van der Waals surface area contributed by atoms with Crippen molar-refractivity contribution in [3.63, 3.8) is 0 Å². The van der Waals surface area contributed by atoms with Crippen LogP contribution in [-0.4, -0.2) is 6.04 Å². The number of aryl methyl sites for hydroxylation is 1. The first-order valence-corrected chi connectivity index (χ1v) is 8.84. The van der Waals surface area contributed by atoms with Crippen LogP contribution in [0, 0.1) is 5.92 Å². The number of hydrogen-bond donors (Lipinski definition) is 2. The monoisotopic (exact) mass is 288 g/mol. The molecule has 0 fully saturated rings. The van der Waals surface area contributed by atoms with Crippen molar-refractivity contribution in [3.8, 4) is 0 Å². The summed E-state index contributed by atoms with van der Waals surface area (Å²) in [6.07, 6.45) is 10.2. The fraction of sp³-hybridized carbons (Fsp3) is 0.684. The first-order chi connectivity index (χ1) is 10.3. The smallest absolute Gasteiger partial charge is 0.0244 e. The molecule has 1 aromatic carbocycles. The molecule has 0 bridgehead atoms. The van der Waals surface area contributed by atoms with E-state index in [4.69, 9.17) is 5.84 Å². The molecule has 0 aliphatic heterocycles. The van der Waals surface area contributed by atoms with Gasteiger partial charge in [0.15, 0.2) is 0 Å². The fourth-order valence-corrected chi connectivity index (χ4v) is 4.09. The van der Waals surface area contributed by atoms with Crippen LogP contribution < -0.4 is 11.3 Å². The van der Waals surface area contributed by atoms with Crippen LogP contribution in [0.1, 0.15) is 75.8 Å². The van der Waals surface area contributed by atoms with Crippen molar-refractivity contribution in [2.45, 2.75) is 77.2 Å². The summed E-state index contributed by atoms with van der Waals surface area (Å²) >= 11 is 0. The van der Waals surface area contributed by atoms with Crippen molar-refractivity contribution in [2.24, 2.45) is 11.8 Å². The van der Waals surface area contributed by atoms with Gasteiger partial charge in [0, 0.05) is 6.04 Å². The van der Waals surface area contributed by atoms with Crippen molar-refractivity contribution in [1.29, 1.82) is 0 Å². The first kappa shape index (κ1) is 16.5. The molecule has 3 N–H and O–H groups in total. The third-order valence-electron chi connectivity index (χ3n) is 5.13. The van der Waals surface area contributed by atoms with E-state index in [9.17, 15) is 0 Å². The molecule has 2 rings (SSSR count). The molecule has 1 aromatic rings. The minimum absolute atomic E-state index is 0.459. The maximum atomic E-state index is 5.92. The maximum Gasteiger partial charge on any atom is 0.0244 e. The van der Waals surface area contributed by atoms with Crippen LogP contribution in [-0.2, 0) is 6.42 Å². The minimum atomic E-state index is 0.459. The molecule has 118 valence electrons. The second-order valence-corrected chi connectivity index (χ2v) is 6.63. The predicted molar refractivity (Wildman–Crippen MR) is 91.2 cm³/mol. The van der Waals surface area contributed by atoms with E-state index in [1.165, 1.54) is 51.4 Å². The van der Waals surface area contributed by atoms with Gasteiger partial charge in [0.1, 0.15) is 0 Å². The molecule has 2 unspecified atom stereocenters. The maximum absolute atomic E-state index is 5.92. The number of fused-ring (bicyclic) bond motifs is 1. The van der Waals surface area contributed by atoms with Gasteiger partial charge in [-0.15, -0.1) is 0 Å². The van der Waals surface area contributed by atoms with Crippen LogP contribution >= 0.6 is 0 Å². The van der Waals surface area contributed by atoms with Crippen molar-refractivity contribution >= 4 is 0 Å². The molecule has 0 heterocycles. The minimum Gasteiger partial charge on any atom is -0.271 e. The largest absolute Gasteiger partial charge is 0.271 e. The van der Waals surface area contributed by atoms with E-state index >= 15 is 0 Å². The normalized spacial score (nSPS) is 19.5. The zero-order valence-corrected chi connectivity index (χ0v) is 13.8. The summed E-state index contributed by atoms with van der Waals surface area (Å²) in [5.74, 6) is 7.33. The summed E-state index contributed by atoms with van der Waals surface area (Å²) < 4.78 is 0. The Morgan fingerprint density at radius 2 is 1.90 bits per heavy atom. The molecule has 2 heteroatoms. The third-order valence-corrected chi connectivity index (χ3v) is 5.13. The highest BCUT2D eigenvalue weighted by atomic mass is 15.2. The summed E-state index contributed by atoms with van der Waals surface area (Å²) in [5.41, 5.74) is 6.29. The molecule has 2 atom stereocenters. The van der Waals surface area contributed by atoms with Crippen molar-refractivity contribution in [3.05, 3.63) is 35.4 Å². The highest BCUT2D eigenvalue weighted by Crippen LogP contribution is 2.36. The average Bonchev–Trinajstić information content (AvgIpc) is 2.52. The molecule has 21 heavy (non-hydrogen) atoms. The molecule has 0 saturated carbocycles. The van der Waals surface area contributed by atoms with Crippen LogP contribution in [0.15, 0.2) is 24.3 Å². The number of hydrogen-bond acceptors (Lipinski definition) is 2. The van der Waals surface area contributed by atoms with Gasteiger partial charge in [0.2, 0.25) is 0 Å². The number of nitrogens with two attached hydrogens (primary N) is 1. The van der Waals surface area contributed by atoms with E-state index in [1.807, 2.05) is 0 Å². The first-order valence-electron chi connectivity index (χ1n) is 8.84.